The van der Waals surface area contributed by atoms with Gasteiger partial charge in [0.2, 0.25) is 0 Å². The molecule has 0 radical (unpaired) electrons. The predicted octanol–water partition coefficient (Wildman–Crippen LogP) is 1.37. The molecule has 1 saturated heterocycles. The number of benzene rings is 1. The molecule has 144 valence electrons. The molecule has 1 amide bonds. The fraction of sp³-hybridized carbons (Fsp3) is 0.579. The highest BCUT2D eigenvalue weighted by Gasteiger charge is 2.24. The maximum Gasteiger partial charge on any atom is 0.255 e. The molecule has 7 heteroatoms. The molecule has 1 aliphatic heterocycles. The van der Waals surface area contributed by atoms with Gasteiger partial charge in [0.05, 0.1) is 13.2 Å². The average molecular weight is 362 g/mol. The molecular weight excluding hydrogens is 332 g/mol. The van der Waals surface area contributed by atoms with Crippen molar-refractivity contribution < 1.29 is 14.3 Å². The molecule has 3 N–H and O–H groups in total. The van der Waals surface area contributed by atoms with Gasteiger partial charge < -0.3 is 25.4 Å². The highest BCUT2D eigenvalue weighted by Crippen LogP contribution is 2.18. The molecule has 1 heterocycles. The Bertz CT molecular complexity index is 606. The van der Waals surface area contributed by atoms with Crippen molar-refractivity contribution in [3.8, 4) is 5.75 Å². The molecule has 1 fully saturated rings. The summed E-state index contributed by atoms with van der Waals surface area (Å²) < 4.78 is 10.9. The normalized spacial score (nSPS) is 17.4. The first kappa shape index (κ1) is 20.0. The summed E-state index contributed by atoms with van der Waals surface area (Å²) in [5, 5.41) is 3.37. The summed E-state index contributed by atoms with van der Waals surface area (Å²) in [5.74, 6) is 1.62. The van der Waals surface area contributed by atoms with Crippen LogP contribution in [-0.2, 0) is 16.1 Å². The molecule has 0 aliphatic carbocycles. The number of ether oxygens (including phenoxy) is 2. The Balaban J connectivity index is 1.96. The van der Waals surface area contributed by atoms with E-state index >= 15 is 0 Å². The third-order valence-corrected chi connectivity index (χ3v) is 4.17. The Labute approximate surface area is 155 Å². The SMILES string of the molecule is CCNC(=NCc1cccc(OCC(N)=O)c1)N1CCC(COCC)C1. The highest BCUT2D eigenvalue weighted by atomic mass is 16.5. The molecule has 1 aromatic rings. The summed E-state index contributed by atoms with van der Waals surface area (Å²) in [4.78, 5) is 17.9. The lowest BCUT2D eigenvalue weighted by atomic mass is 10.1. The van der Waals surface area contributed by atoms with Gasteiger partial charge in [-0.25, -0.2) is 4.99 Å². The minimum atomic E-state index is -0.488. The van der Waals surface area contributed by atoms with Crippen molar-refractivity contribution >= 4 is 11.9 Å². The molecule has 0 saturated carbocycles. The molecule has 1 aromatic carbocycles. The van der Waals surface area contributed by atoms with E-state index < -0.39 is 5.91 Å². The van der Waals surface area contributed by atoms with Crippen LogP contribution in [0.25, 0.3) is 0 Å². The molecule has 0 spiro atoms. The average Bonchev–Trinajstić information content (AvgIpc) is 3.11. The second-order valence-electron chi connectivity index (χ2n) is 6.33. The number of likely N-dealkylation sites (tertiary alicyclic amines) is 1. The number of guanidine groups is 1. The standard InChI is InChI=1S/C19H30N4O3/c1-3-21-19(23-9-8-16(12-23)13-25-4-2)22-11-15-6-5-7-17(10-15)26-14-18(20)24/h5-7,10,16H,3-4,8-9,11-14H2,1-2H3,(H2,20,24)(H,21,22). The van der Waals surface area contributed by atoms with Crippen LogP contribution in [0.5, 0.6) is 5.75 Å². The third-order valence-electron chi connectivity index (χ3n) is 4.17. The largest absolute Gasteiger partial charge is 0.484 e. The topological polar surface area (TPSA) is 89.2 Å². The maximum atomic E-state index is 10.8. The van der Waals surface area contributed by atoms with Crippen molar-refractivity contribution in [2.45, 2.75) is 26.8 Å². The van der Waals surface area contributed by atoms with Gasteiger partial charge in [-0.2, -0.15) is 0 Å². The smallest absolute Gasteiger partial charge is 0.255 e. The first-order chi connectivity index (χ1) is 12.6. The monoisotopic (exact) mass is 362 g/mol. The number of aliphatic imine (C=N–C) groups is 1. The van der Waals surface area contributed by atoms with Crippen LogP contribution in [0.1, 0.15) is 25.8 Å². The van der Waals surface area contributed by atoms with Crippen LogP contribution in [0.3, 0.4) is 0 Å². The second-order valence-corrected chi connectivity index (χ2v) is 6.33. The molecule has 7 nitrogen and oxygen atoms in total. The van der Waals surface area contributed by atoms with Crippen molar-refractivity contribution in [3.05, 3.63) is 29.8 Å². The van der Waals surface area contributed by atoms with Gasteiger partial charge >= 0.3 is 0 Å². The summed E-state index contributed by atoms with van der Waals surface area (Å²) in [6, 6.07) is 7.58. The van der Waals surface area contributed by atoms with Gasteiger partial charge in [-0.05, 0) is 38.0 Å². The number of nitrogens with zero attached hydrogens (tertiary/aromatic N) is 2. The minimum Gasteiger partial charge on any atom is -0.484 e. The first-order valence-electron chi connectivity index (χ1n) is 9.23. The lowest BCUT2D eigenvalue weighted by Crippen LogP contribution is -2.40. The lowest BCUT2D eigenvalue weighted by molar-refractivity contribution is -0.119. The maximum absolute atomic E-state index is 10.8. The van der Waals surface area contributed by atoms with E-state index in [4.69, 9.17) is 20.2 Å². The molecule has 2 rings (SSSR count). The van der Waals surface area contributed by atoms with E-state index in [9.17, 15) is 4.79 Å². The van der Waals surface area contributed by atoms with E-state index in [-0.39, 0.29) is 6.61 Å². The first-order valence-corrected chi connectivity index (χ1v) is 9.23. The summed E-state index contributed by atoms with van der Waals surface area (Å²) in [6.45, 7) is 8.88. The minimum absolute atomic E-state index is 0.121. The Kier molecular flexibility index (Phi) is 8.21. The van der Waals surface area contributed by atoms with Crippen LogP contribution < -0.4 is 15.8 Å². The third kappa shape index (κ3) is 6.55. The van der Waals surface area contributed by atoms with E-state index in [2.05, 4.69) is 17.1 Å². The summed E-state index contributed by atoms with van der Waals surface area (Å²) in [6.07, 6.45) is 1.13. The van der Waals surface area contributed by atoms with E-state index in [1.54, 1.807) is 6.07 Å². The number of nitrogens with one attached hydrogen (secondary N) is 1. The van der Waals surface area contributed by atoms with Crippen molar-refractivity contribution in [3.63, 3.8) is 0 Å². The van der Waals surface area contributed by atoms with Crippen LogP contribution >= 0.6 is 0 Å². The molecule has 0 aromatic heterocycles. The number of carbonyl (C=O) groups is 1. The van der Waals surface area contributed by atoms with Gasteiger partial charge in [-0.15, -0.1) is 0 Å². The molecule has 1 aliphatic rings. The van der Waals surface area contributed by atoms with Crippen molar-refractivity contribution in [1.82, 2.24) is 10.2 Å². The van der Waals surface area contributed by atoms with E-state index in [0.29, 0.717) is 18.2 Å². The van der Waals surface area contributed by atoms with Crippen molar-refractivity contribution in [2.75, 3.05) is 39.5 Å². The van der Waals surface area contributed by atoms with Crippen LogP contribution in [-0.4, -0.2) is 56.2 Å². The van der Waals surface area contributed by atoms with Gasteiger partial charge in [0.15, 0.2) is 12.6 Å². The summed E-state index contributed by atoms with van der Waals surface area (Å²) >= 11 is 0. The van der Waals surface area contributed by atoms with Crippen LogP contribution in [0.2, 0.25) is 0 Å². The number of amides is 1. The van der Waals surface area contributed by atoms with Crippen LogP contribution in [0.4, 0.5) is 0 Å². The van der Waals surface area contributed by atoms with Crippen molar-refractivity contribution in [1.29, 1.82) is 0 Å². The zero-order chi connectivity index (χ0) is 18.8. The number of hydrogen-bond donors (Lipinski definition) is 2. The fourth-order valence-corrected chi connectivity index (χ4v) is 2.93. The quantitative estimate of drug-likeness (QED) is 0.512. The molecular formula is C19H30N4O3. The zero-order valence-corrected chi connectivity index (χ0v) is 15.7. The predicted molar refractivity (Wildman–Crippen MR) is 102 cm³/mol. The Morgan fingerprint density at radius 1 is 1.42 bits per heavy atom. The number of nitrogens with two attached hydrogens (primary N) is 1. The summed E-state index contributed by atoms with van der Waals surface area (Å²) in [5.41, 5.74) is 6.13. The van der Waals surface area contributed by atoms with Gasteiger partial charge in [0, 0.05) is 32.2 Å². The Hall–Kier alpha value is -2.28. The fourth-order valence-electron chi connectivity index (χ4n) is 2.93. The van der Waals surface area contributed by atoms with E-state index in [1.165, 1.54) is 0 Å². The molecule has 26 heavy (non-hydrogen) atoms. The molecule has 1 atom stereocenters. The van der Waals surface area contributed by atoms with E-state index in [1.807, 2.05) is 25.1 Å². The second kappa shape index (κ2) is 10.7. The Morgan fingerprint density at radius 2 is 2.27 bits per heavy atom. The Morgan fingerprint density at radius 3 is 3.00 bits per heavy atom. The van der Waals surface area contributed by atoms with Crippen molar-refractivity contribution in [2.24, 2.45) is 16.6 Å². The van der Waals surface area contributed by atoms with Gasteiger partial charge in [0.25, 0.3) is 5.91 Å². The summed E-state index contributed by atoms with van der Waals surface area (Å²) in [7, 11) is 0. The molecule has 0 bridgehead atoms. The highest BCUT2D eigenvalue weighted by molar-refractivity contribution is 5.80. The lowest BCUT2D eigenvalue weighted by Gasteiger charge is -2.21. The van der Waals surface area contributed by atoms with Gasteiger partial charge in [-0.1, -0.05) is 12.1 Å². The number of rotatable bonds is 9. The van der Waals surface area contributed by atoms with Crippen LogP contribution in [0.15, 0.2) is 29.3 Å². The zero-order valence-electron chi connectivity index (χ0n) is 15.7. The number of primary amides is 1. The van der Waals surface area contributed by atoms with Gasteiger partial charge in [-0.3, -0.25) is 4.79 Å². The van der Waals surface area contributed by atoms with Crippen LogP contribution in [0, 0.1) is 5.92 Å². The molecule has 1 unspecified atom stereocenters. The van der Waals surface area contributed by atoms with Gasteiger partial charge in [0.1, 0.15) is 5.75 Å². The van der Waals surface area contributed by atoms with E-state index in [0.717, 1.165) is 50.8 Å². The number of carbonyl (C=O) groups excluding carboxylic acids is 1. The number of hydrogen-bond acceptors (Lipinski definition) is 4.